The lowest BCUT2D eigenvalue weighted by molar-refractivity contribution is 0.233. The monoisotopic (exact) mass is 347 g/mol. The summed E-state index contributed by atoms with van der Waals surface area (Å²) in [5.41, 5.74) is 5.80. The lowest BCUT2D eigenvalue weighted by atomic mass is 10.1. The van der Waals surface area contributed by atoms with Gasteiger partial charge in [0.1, 0.15) is 5.75 Å². The summed E-state index contributed by atoms with van der Waals surface area (Å²) < 4.78 is 5.65. The number of nitrogens with zero attached hydrogens (tertiary/aromatic N) is 1. The van der Waals surface area contributed by atoms with Gasteiger partial charge in [-0.05, 0) is 62.4 Å². The molecule has 3 rings (SSSR count). The van der Waals surface area contributed by atoms with Crippen LogP contribution in [0, 0.1) is 13.8 Å². The SMILES string of the molecule is Cc1ccc(N(c2ccc(C)cc2)c2ccc(OCCCO)cc2)cc1. The molecule has 0 aliphatic carbocycles. The highest BCUT2D eigenvalue weighted by atomic mass is 16.5. The van der Waals surface area contributed by atoms with Crippen molar-refractivity contribution in [2.45, 2.75) is 20.3 Å². The Bertz CT molecular complexity index is 763. The molecule has 1 N–H and O–H groups in total. The first-order chi connectivity index (χ1) is 12.7. The second kappa shape index (κ2) is 8.54. The van der Waals surface area contributed by atoms with Crippen molar-refractivity contribution in [3.8, 4) is 5.75 Å². The predicted molar refractivity (Wildman–Crippen MR) is 108 cm³/mol. The number of aliphatic hydroxyl groups is 1. The number of aryl methyl sites for hydroxylation is 2. The molecule has 0 aliphatic heterocycles. The van der Waals surface area contributed by atoms with Crippen LogP contribution in [0.3, 0.4) is 0 Å². The van der Waals surface area contributed by atoms with Crippen molar-refractivity contribution in [3.05, 3.63) is 83.9 Å². The van der Waals surface area contributed by atoms with Gasteiger partial charge in [0.2, 0.25) is 0 Å². The van der Waals surface area contributed by atoms with Crippen molar-refractivity contribution in [1.82, 2.24) is 0 Å². The summed E-state index contributed by atoms with van der Waals surface area (Å²) >= 11 is 0. The molecule has 0 amide bonds. The third kappa shape index (κ3) is 4.44. The highest BCUT2D eigenvalue weighted by molar-refractivity contribution is 5.76. The van der Waals surface area contributed by atoms with Crippen molar-refractivity contribution in [3.63, 3.8) is 0 Å². The molecule has 0 fully saturated rings. The van der Waals surface area contributed by atoms with Gasteiger partial charge in [-0.15, -0.1) is 0 Å². The standard InChI is InChI=1S/C23H25NO2/c1-18-4-8-20(9-5-18)24(21-10-6-19(2)7-11-21)22-12-14-23(15-13-22)26-17-3-16-25/h4-15,25H,3,16-17H2,1-2H3. The van der Waals surface area contributed by atoms with Crippen molar-refractivity contribution in [2.24, 2.45) is 0 Å². The van der Waals surface area contributed by atoms with Crippen molar-refractivity contribution < 1.29 is 9.84 Å². The Hall–Kier alpha value is -2.78. The van der Waals surface area contributed by atoms with Crippen LogP contribution >= 0.6 is 0 Å². The van der Waals surface area contributed by atoms with E-state index >= 15 is 0 Å². The van der Waals surface area contributed by atoms with Gasteiger partial charge in [-0.1, -0.05) is 35.4 Å². The van der Waals surface area contributed by atoms with E-state index in [0.717, 1.165) is 22.8 Å². The van der Waals surface area contributed by atoms with Gasteiger partial charge in [0.05, 0.1) is 6.61 Å². The minimum Gasteiger partial charge on any atom is -0.494 e. The van der Waals surface area contributed by atoms with E-state index in [0.29, 0.717) is 13.0 Å². The van der Waals surface area contributed by atoms with E-state index in [9.17, 15) is 0 Å². The normalized spacial score (nSPS) is 10.6. The average Bonchev–Trinajstić information content (AvgIpc) is 2.66. The number of aliphatic hydroxyl groups excluding tert-OH is 1. The molecule has 26 heavy (non-hydrogen) atoms. The molecule has 3 heteroatoms. The molecule has 3 aromatic carbocycles. The van der Waals surface area contributed by atoms with Crippen LogP contribution in [0.5, 0.6) is 5.75 Å². The summed E-state index contributed by atoms with van der Waals surface area (Å²) in [6.45, 7) is 4.86. The molecule has 3 nitrogen and oxygen atoms in total. The fourth-order valence-electron chi connectivity index (χ4n) is 2.78. The summed E-state index contributed by atoms with van der Waals surface area (Å²) in [6.07, 6.45) is 0.639. The van der Waals surface area contributed by atoms with Crippen LogP contribution in [0.15, 0.2) is 72.8 Å². The van der Waals surface area contributed by atoms with Crippen LogP contribution in [-0.2, 0) is 0 Å². The van der Waals surface area contributed by atoms with Gasteiger partial charge in [-0.2, -0.15) is 0 Å². The molecular weight excluding hydrogens is 322 g/mol. The third-order valence-electron chi connectivity index (χ3n) is 4.25. The maximum Gasteiger partial charge on any atom is 0.119 e. The number of rotatable bonds is 7. The van der Waals surface area contributed by atoms with E-state index in [1.807, 2.05) is 12.1 Å². The molecule has 0 saturated heterocycles. The van der Waals surface area contributed by atoms with Crippen molar-refractivity contribution in [1.29, 1.82) is 0 Å². The molecule has 0 spiro atoms. The first-order valence-electron chi connectivity index (χ1n) is 8.94. The zero-order valence-corrected chi connectivity index (χ0v) is 15.4. The molecule has 0 aliphatic rings. The first kappa shape index (κ1) is 18.0. The Morgan fingerprint density at radius 1 is 0.692 bits per heavy atom. The summed E-state index contributed by atoms with van der Waals surface area (Å²) in [6, 6.07) is 25.1. The molecule has 0 unspecified atom stereocenters. The van der Waals surface area contributed by atoms with Crippen LogP contribution in [0.1, 0.15) is 17.5 Å². The Balaban J connectivity index is 1.92. The van der Waals surface area contributed by atoms with Gasteiger partial charge >= 0.3 is 0 Å². The molecule has 0 bridgehead atoms. The predicted octanol–water partition coefficient (Wildman–Crippen LogP) is 5.53. The fourth-order valence-corrected chi connectivity index (χ4v) is 2.78. The molecule has 0 heterocycles. The topological polar surface area (TPSA) is 32.7 Å². The molecule has 0 atom stereocenters. The number of ether oxygens (including phenoxy) is 1. The van der Waals surface area contributed by atoms with E-state index in [4.69, 9.17) is 9.84 Å². The Labute approximate surface area is 155 Å². The van der Waals surface area contributed by atoms with Gasteiger partial charge in [-0.25, -0.2) is 0 Å². The zero-order valence-electron chi connectivity index (χ0n) is 15.4. The number of hydrogen-bond donors (Lipinski definition) is 1. The fraction of sp³-hybridized carbons (Fsp3) is 0.217. The van der Waals surface area contributed by atoms with E-state index < -0.39 is 0 Å². The average molecular weight is 347 g/mol. The minimum atomic E-state index is 0.146. The van der Waals surface area contributed by atoms with Gasteiger partial charge in [0, 0.05) is 30.1 Å². The van der Waals surface area contributed by atoms with Crippen molar-refractivity contribution in [2.75, 3.05) is 18.1 Å². The van der Waals surface area contributed by atoms with E-state index in [2.05, 4.69) is 79.4 Å². The lowest BCUT2D eigenvalue weighted by Gasteiger charge is -2.26. The molecule has 0 aromatic heterocycles. The van der Waals surface area contributed by atoms with Gasteiger partial charge in [-0.3, -0.25) is 0 Å². The Kier molecular flexibility index (Phi) is 5.92. The zero-order chi connectivity index (χ0) is 18.4. The van der Waals surface area contributed by atoms with Crippen LogP contribution in [-0.4, -0.2) is 18.3 Å². The van der Waals surface area contributed by atoms with Crippen molar-refractivity contribution >= 4 is 17.1 Å². The highest BCUT2D eigenvalue weighted by Crippen LogP contribution is 2.35. The summed E-state index contributed by atoms with van der Waals surface area (Å²) in [7, 11) is 0. The summed E-state index contributed by atoms with van der Waals surface area (Å²) in [5, 5.41) is 8.87. The molecule has 3 aromatic rings. The van der Waals surface area contributed by atoms with Gasteiger partial charge in [0.15, 0.2) is 0 Å². The Morgan fingerprint density at radius 2 is 1.12 bits per heavy atom. The Morgan fingerprint density at radius 3 is 1.54 bits per heavy atom. The maximum atomic E-state index is 8.87. The largest absolute Gasteiger partial charge is 0.494 e. The van der Waals surface area contributed by atoms with E-state index in [-0.39, 0.29) is 6.61 Å². The second-order valence-electron chi connectivity index (χ2n) is 6.43. The second-order valence-corrected chi connectivity index (χ2v) is 6.43. The molecular formula is C23H25NO2. The summed E-state index contributed by atoms with van der Waals surface area (Å²) in [4.78, 5) is 2.23. The number of hydrogen-bond acceptors (Lipinski definition) is 3. The maximum absolute atomic E-state index is 8.87. The van der Waals surface area contributed by atoms with E-state index in [1.165, 1.54) is 11.1 Å². The molecule has 134 valence electrons. The van der Waals surface area contributed by atoms with Crippen LogP contribution < -0.4 is 9.64 Å². The first-order valence-corrected chi connectivity index (χ1v) is 8.94. The number of anilines is 3. The van der Waals surface area contributed by atoms with Crippen LogP contribution in [0.25, 0.3) is 0 Å². The van der Waals surface area contributed by atoms with Crippen LogP contribution in [0.4, 0.5) is 17.1 Å². The van der Waals surface area contributed by atoms with Gasteiger partial charge in [0.25, 0.3) is 0 Å². The lowest BCUT2D eigenvalue weighted by Crippen LogP contribution is -2.10. The van der Waals surface area contributed by atoms with Gasteiger partial charge < -0.3 is 14.7 Å². The third-order valence-corrected chi connectivity index (χ3v) is 4.25. The van der Waals surface area contributed by atoms with Crippen LogP contribution in [0.2, 0.25) is 0 Å². The summed E-state index contributed by atoms with van der Waals surface area (Å²) in [5.74, 6) is 0.815. The molecule has 0 saturated carbocycles. The number of benzene rings is 3. The quantitative estimate of drug-likeness (QED) is 0.570. The molecule has 0 radical (unpaired) electrons. The highest BCUT2D eigenvalue weighted by Gasteiger charge is 2.12. The van der Waals surface area contributed by atoms with E-state index in [1.54, 1.807) is 0 Å². The smallest absolute Gasteiger partial charge is 0.119 e. The minimum absolute atomic E-state index is 0.146.